The Bertz CT molecular complexity index is 1350. The number of aliphatic hydroxyl groups is 1. The summed E-state index contributed by atoms with van der Waals surface area (Å²) in [5.74, 6) is 0.327. The SMILES string of the molecule is CNCCNc1ccnc2cc(OC)cnc12.N=C(/C=C\C=O)n1cc(CO)c2ccc(F)cc21. The zero-order chi connectivity index (χ0) is 25.2. The third-order valence-electron chi connectivity index (χ3n) is 5.09. The zero-order valence-electron chi connectivity index (χ0n) is 19.5. The monoisotopic (exact) mass is 478 g/mol. The summed E-state index contributed by atoms with van der Waals surface area (Å²) in [5.41, 5.74) is 3.78. The lowest BCUT2D eigenvalue weighted by Crippen LogP contribution is -2.17. The van der Waals surface area contributed by atoms with Crippen molar-refractivity contribution in [1.29, 1.82) is 5.41 Å². The molecule has 182 valence electrons. The number of allylic oxidation sites excluding steroid dienone is 2. The first-order valence-electron chi connectivity index (χ1n) is 10.8. The number of carbonyl (C=O) groups is 1. The highest BCUT2D eigenvalue weighted by atomic mass is 19.1. The molecule has 0 aliphatic carbocycles. The molecule has 0 amide bonds. The Morgan fingerprint density at radius 3 is 2.80 bits per heavy atom. The maximum atomic E-state index is 13.2. The van der Waals surface area contributed by atoms with Crippen LogP contribution in [-0.4, -0.2) is 59.0 Å². The van der Waals surface area contributed by atoms with Crippen LogP contribution >= 0.6 is 0 Å². The molecule has 0 saturated heterocycles. The molecule has 4 N–H and O–H groups in total. The Hall–Kier alpha value is -4.15. The molecule has 4 aromatic rings. The Kier molecular flexibility index (Phi) is 8.99. The van der Waals surface area contributed by atoms with Gasteiger partial charge in [0.1, 0.15) is 29.2 Å². The van der Waals surface area contributed by atoms with E-state index in [1.165, 1.54) is 28.9 Å². The van der Waals surface area contributed by atoms with Crippen LogP contribution in [0, 0.1) is 11.2 Å². The van der Waals surface area contributed by atoms with Gasteiger partial charge < -0.3 is 25.0 Å². The number of anilines is 1. The lowest BCUT2D eigenvalue weighted by Gasteiger charge is -2.08. The molecular weight excluding hydrogens is 451 g/mol. The summed E-state index contributed by atoms with van der Waals surface area (Å²) >= 11 is 0. The van der Waals surface area contributed by atoms with Crippen molar-refractivity contribution in [2.45, 2.75) is 6.61 Å². The normalized spacial score (nSPS) is 10.9. The Morgan fingerprint density at radius 2 is 2.09 bits per heavy atom. The van der Waals surface area contributed by atoms with Crippen LogP contribution in [-0.2, 0) is 11.4 Å². The van der Waals surface area contributed by atoms with Gasteiger partial charge in [-0.15, -0.1) is 0 Å². The molecule has 0 bridgehead atoms. The molecule has 0 aliphatic rings. The molecule has 3 aromatic heterocycles. The van der Waals surface area contributed by atoms with Crippen LogP contribution in [0.4, 0.5) is 10.1 Å². The largest absolute Gasteiger partial charge is 0.495 e. The summed E-state index contributed by atoms with van der Waals surface area (Å²) in [6, 6.07) is 7.96. The molecule has 0 radical (unpaired) electrons. The first kappa shape index (κ1) is 25.5. The molecule has 0 atom stereocenters. The molecule has 0 unspecified atom stereocenters. The number of ether oxygens (including phenoxy) is 1. The van der Waals surface area contributed by atoms with E-state index in [1.54, 1.807) is 31.8 Å². The van der Waals surface area contributed by atoms with Gasteiger partial charge in [-0.25, -0.2) is 9.37 Å². The van der Waals surface area contributed by atoms with E-state index in [9.17, 15) is 14.3 Å². The van der Waals surface area contributed by atoms with Crippen molar-refractivity contribution in [3.63, 3.8) is 0 Å². The van der Waals surface area contributed by atoms with E-state index in [-0.39, 0.29) is 12.4 Å². The summed E-state index contributed by atoms with van der Waals surface area (Å²) in [6.07, 6.45) is 8.08. The van der Waals surface area contributed by atoms with Crippen molar-refractivity contribution in [1.82, 2.24) is 19.9 Å². The van der Waals surface area contributed by atoms with E-state index >= 15 is 0 Å². The van der Waals surface area contributed by atoms with Crippen molar-refractivity contribution in [2.75, 3.05) is 32.6 Å². The number of hydrogen-bond donors (Lipinski definition) is 4. The minimum absolute atomic E-state index is 0.0254. The molecule has 0 fully saturated rings. The van der Waals surface area contributed by atoms with Crippen LogP contribution in [0.1, 0.15) is 5.56 Å². The maximum absolute atomic E-state index is 13.2. The van der Waals surface area contributed by atoms with E-state index < -0.39 is 5.82 Å². The molecule has 1 aromatic carbocycles. The number of carbonyl (C=O) groups excluding carboxylic acids is 1. The van der Waals surface area contributed by atoms with Crippen LogP contribution < -0.4 is 15.4 Å². The van der Waals surface area contributed by atoms with E-state index in [0.29, 0.717) is 22.8 Å². The summed E-state index contributed by atoms with van der Waals surface area (Å²) < 4.78 is 19.8. The quantitative estimate of drug-likeness (QED) is 0.101. The Morgan fingerprint density at radius 1 is 1.26 bits per heavy atom. The molecule has 9 nitrogen and oxygen atoms in total. The number of likely N-dealkylation sites (N-methyl/N-ethyl adjacent to an activating group) is 1. The fourth-order valence-electron chi connectivity index (χ4n) is 3.39. The van der Waals surface area contributed by atoms with Gasteiger partial charge in [0, 0.05) is 42.5 Å². The van der Waals surface area contributed by atoms with Crippen molar-refractivity contribution < 1.29 is 19.0 Å². The molecule has 10 heteroatoms. The third-order valence-corrected chi connectivity index (χ3v) is 5.09. The number of benzene rings is 1. The first-order chi connectivity index (χ1) is 17.0. The molecule has 4 rings (SSSR count). The number of nitrogens with one attached hydrogen (secondary N) is 3. The fourth-order valence-corrected chi connectivity index (χ4v) is 3.39. The van der Waals surface area contributed by atoms with Crippen molar-refractivity contribution >= 4 is 39.7 Å². The van der Waals surface area contributed by atoms with Gasteiger partial charge in [-0.05, 0) is 43.5 Å². The van der Waals surface area contributed by atoms with Gasteiger partial charge in [0.2, 0.25) is 0 Å². The van der Waals surface area contributed by atoms with Crippen LogP contribution in [0.25, 0.3) is 21.9 Å². The van der Waals surface area contributed by atoms with E-state index in [0.717, 1.165) is 35.6 Å². The topological polar surface area (TPSA) is 125 Å². The van der Waals surface area contributed by atoms with Gasteiger partial charge >= 0.3 is 0 Å². The minimum Gasteiger partial charge on any atom is -0.495 e. The van der Waals surface area contributed by atoms with Gasteiger partial charge in [-0.2, -0.15) is 0 Å². The molecule has 35 heavy (non-hydrogen) atoms. The first-order valence-corrected chi connectivity index (χ1v) is 10.8. The number of hydrogen-bond acceptors (Lipinski definition) is 8. The van der Waals surface area contributed by atoms with Crippen molar-refractivity contribution in [3.05, 3.63) is 72.5 Å². The van der Waals surface area contributed by atoms with Gasteiger partial charge in [-0.3, -0.25) is 15.2 Å². The number of aliphatic hydroxyl groups excluding tert-OH is 1. The van der Waals surface area contributed by atoms with E-state index in [1.807, 2.05) is 19.2 Å². The second-order valence-electron chi connectivity index (χ2n) is 7.36. The summed E-state index contributed by atoms with van der Waals surface area (Å²) in [4.78, 5) is 18.9. The van der Waals surface area contributed by atoms with Crippen molar-refractivity contribution in [2.24, 2.45) is 0 Å². The summed E-state index contributed by atoms with van der Waals surface area (Å²) in [7, 11) is 3.55. The highest BCUT2D eigenvalue weighted by Crippen LogP contribution is 2.23. The third kappa shape index (κ3) is 6.25. The minimum atomic E-state index is -0.418. The van der Waals surface area contributed by atoms with E-state index in [2.05, 4.69) is 20.6 Å². The van der Waals surface area contributed by atoms with Gasteiger partial charge in [-0.1, -0.05) is 0 Å². The van der Waals surface area contributed by atoms with Gasteiger partial charge in [0.25, 0.3) is 0 Å². The molecule has 3 heterocycles. The lowest BCUT2D eigenvalue weighted by molar-refractivity contribution is -0.104. The highest BCUT2D eigenvalue weighted by Gasteiger charge is 2.10. The standard InChI is InChI=1S/C13H11FN2O2.C12H16N4O/c14-10-3-4-11-9(8-18)7-16(12(11)6-10)13(15)2-1-5-17;1-13-5-6-15-10-3-4-14-11-7-9(17-2)8-16-12(10)11/h1-7,15,18H,8H2;3-4,7-8,13H,5-6H2,1-2H3,(H,14,15)/b2-1-,15-13?;. The molecule has 0 spiro atoms. The summed E-state index contributed by atoms with van der Waals surface area (Å²) in [5, 5.41) is 24.1. The Balaban J connectivity index is 0.000000196. The predicted molar refractivity (Wildman–Crippen MR) is 135 cm³/mol. The second-order valence-corrected chi connectivity index (χ2v) is 7.36. The number of nitrogens with zero attached hydrogens (tertiary/aromatic N) is 3. The highest BCUT2D eigenvalue weighted by molar-refractivity contribution is 6.02. The van der Waals surface area contributed by atoms with Gasteiger partial charge in [0.05, 0.1) is 36.6 Å². The lowest BCUT2D eigenvalue weighted by atomic mass is 10.2. The fraction of sp³-hybridized carbons (Fsp3) is 0.200. The zero-order valence-corrected chi connectivity index (χ0v) is 19.5. The Labute approximate surface area is 201 Å². The number of methoxy groups -OCH3 is 1. The molecule has 0 saturated carbocycles. The smallest absolute Gasteiger partial charge is 0.142 e. The number of pyridine rings is 2. The van der Waals surface area contributed by atoms with E-state index in [4.69, 9.17) is 10.1 Å². The maximum Gasteiger partial charge on any atom is 0.142 e. The van der Waals surface area contributed by atoms with Crippen LogP contribution in [0.15, 0.2) is 61.1 Å². The average Bonchev–Trinajstić information content (AvgIpc) is 3.25. The number of aldehydes is 1. The summed E-state index contributed by atoms with van der Waals surface area (Å²) in [6.45, 7) is 1.56. The number of fused-ring (bicyclic) bond motifs is 2. The second kappa shape index (κ2) is 12.4. The molecule has 0 aliphatic heterocycles. The average molecular weight is 479 g/mol. The number of aromatic nitrogens is 3. The number of rotatable bonds is 8. The number of halogens is 1. The predicted octanol–water partition coefficient (Wildman–Crippen LogP) is 3.12. The van der Waals surface area contributed by atoms with Crippen molar-refractivity contribution in [3.8, 4) is 5.75 Å². The molecular formula is C25H27FN6O3. The van der Waals surface area contributed by atoms with Crippen LogP contribution in [0.2, 0.25) is 0 Å². The van der Waals surface area contributed by atoms with Gasteiger partial charge in [0.15, 0.2) is 0 Å². The van der Waals surface area contributed by atoms with Crippen LogP contribution in [0.5, 0.6) is 5.75 Å². The van der Waals surface area contributed by atoms with Crippen LogP contribution in [0.3, 0.4) is 0 Å².